The monoisotopic (exact) mass is 445 g/mol. The molecule has 0 heterocycles. The molecule has 0 aliphatic rings. The van der Waals surface area contributed by atoms with Crippen molar-refractivity contribution in [3.05, 3.63) is 67.3 Å². The van der Waals surface area contributed by atoms with Crippen molar-refractivity contribution in [3.63, 3.8) is 0 Å². The summed E-state index contributed by atoms with van der Waals surface area (Å²) >= 11 is -6.11. The van der Waals surface area contributed by atoms with Crippen LogP contribution in [-0.2, 0) is 10.1 Å². The van der Waals surface area contributed by atoms with Crippen LogP contribution in [0.2, 0.25) is 0 Å². The van der Waals surface area contributed by atoms with Crippen molar-refractivity contribution >= 4 is 10.1 Å². The van der Waals surface area contributed by atoms with Gasteiger partial charge in [0.25, 0.3) is 0 Å². The van der Waals surface area contributed by atoms with E-state index >= 15 is 2.86 Å². The van der Waals surface area contributed by atoms with Gasteiger partial charge < -0.3 is 0 Å². The van der Waals surface area contributed by atoms with Gasteiger partial charge >= 0.3 is 131 Å². The van der Waals surface area contributed by atoms with Crippen molar-refractivity contribution in [2.75, 3.05) is 0 Å². The minimum atomic E-state index is -6.11. The first-order chi connectivity index (χ1) is 10.1. The molecule has 0 bridgehead atoms. The second kappa shape index (κ2) is 5.82. The molecule has 1 unspecified atom stereocenters. The molecule has 0 fully saturated rings. The third kappa shape index (κ3) is 2.74. The van der Waals surface area contributed by atoms with Gasteiger partial charge in [-0.1, -0.05) is 0 Å². The fourth-order valence-corrected chi connectivity index (χ4v) is 10.5. The Balaban J connectivity index is 2.79. The van der Waals surface area contributed by atoms with Crippen LogP contribution >= 0.6 is 0 Å². The number of benzene rings is 2. The molecule has 22 heavy (non-hydrogen) atoms. The number of hydrogen-bond donors (Lipinski definition) is 1. The van der Waals surface area contributed by atoms with Gasteiger partial charge in [0.1, 0.15) is 0 Å². The number of halogens is 4. The molecule has 0 spiro atoms. The van der Waals surface area contributed by atoms with Crippen molar-refractivity contribution in [1.82, 2.24) is 0 Å². The maximum atomic E-state index is 15.6. The van der Waals surface area contributed by atoms with Crippen LogP contribution in [0, 0.1) is 14.1 Å². The van der Waals surface area contributed by atoms with Crippen LogP contribution in [0.4, 0.5) is 11.6 Å². The van der Waals surface area contributed by atoms with E-state index in [0.29, 0.717) is 0 Å². The summed E-state index contributed by atoms with van der Waals surface area (Å²) in [5, 5.41) is 0. The summed E-state index contributed by atoms with van der Waals surface area (Å²) in [5.74, 6) is 0. The van der Waals surface area contributed by atoms with E-state index in [9.17, 15) is 17.2 Å². The second-order valence-electron chi connectivity index (χ2n) is 4.51. The molecule has 0 saturated heterocycles. The number of rotatable bonds is 4. The van der Waals surface area contributed by atoms with Crippen LogP contribution in [0.5, 0.6) is 0 Å². The molecule has 1 N–H and O–H groups in total. The zero-order valence-electron chi connectivity index (χ0n) is 11.4. The van der Waals surface area contributed by atoms with Crippen molar-refractivity contribution < 1.29 is 43.6 Å². The maximum absolute atomic E-state index is 15.6. The van der Waals surface area contributed by atoms with E-state index in [0.717, 1.165) is 29.8 Å². The van der Waals surface area contributed by atoms with Gasteiger partial charge in [0.15, 0.2) is 0 Å². The van der Waals surface area contributed by atoms with Crippen LogP contribution in [0.15, 0.2) is 54.6 Å². The molecular weight excluding hydrogens is 432 g/mol. The van der Waals surface area contributed by atoms with Crippen molar-refractivity contribution in [2.45, 2.75) is 10.2 Å². The summed E-state index contributed by atoms with van der Waals surface area (Å²) in [6.45, 7) is 1.69. The van der Waals surface area contributed by atoms with Crippen LogP contribution in [0.3, 0.4) is 0 Å². The fourth-order valence-electron chi connectivity index (χ4n) is 1.81. The van der Waals surface area contributed by atoms with E-state index in [-0.39, 0.29) is 7.14 Å². The molecule has 122 valence electrons. The van der Waals surface area contributed by atoms with Gasteiger partial charge in [-0.3, -0.25) is 0 Å². The van der Waals surface area contributed by atoms with Crippen LogP contribution in [0.1, 0.15) is 5.56 Å². The molecule has 2 rings (SSSR count). The van der Waals surface area contributed by atoms with E-state index in [1.807, 2.05) is 0 Å². The summed E-state index contributed by atoms with van der Waals surface area (Å²) < 4.78 is 69.7. The fraction of sp³-hybridized carbons (Fsp3) is 0.143. The van der Waals surface area contributed by atoms with E-state index in [4.69, 9.17) is 4.55 Å². The van der Waals surface area contributed by atoms with Crippen molar-refractivity contribution in [2.24, 2.45) is 0 Å². The summed E-state index contributed by atoms with van der Waals surface area (Å²) in [6.07, 6.45) is 0. The Morgan fingerprint density at radius 1 is 0.955 bits per heavy atom. The van der Waals surface area contributed by atoms with Gasteiger partial charge in [0.2, 0.25) is 0 Å². The molecular formula is C14H13F3IO3S-. The van der Waals surface area contributed by atoms with Gasteiger partial charge in [0.05, 0.1) is 0 Å². The Labute approximate surface area is 131 Å². The molecule has 3 nitrogen and oxygen atoms in total. The molecule has 0 amide bonds. The van der Waals surface area contributed by atoms with Gasteiger partial charge in [0, 0.05) is 0 Å². The quantitative estimate of drug-likeness (QED) is 0.425. The first kappa shape index (κ1) is 17.2. The molecule has 8 heteroatoms. The van der Waals surface area contributed by atoms with Gasteiger partial charge in [-0.25, -0.2) is 0 Å². The second-order valence-corrected chi connectivity index (χ2v) is 13.4. The normalized spacial score (nSPS) is 16.8. The molecule has 0 aromatic heterocycles. The molecule has 0 aliphatic heterocycles. The average molecular weight is 445 g/mol. The molecule has 0 saturated carbocycles. The van der Waals surface area contributed by atoms with Crippen molar-refractivity contribution in [3.8, 4) is 0 Å². The number of aryl methyl sites for hydroxylation is 1. The Kier molecular flexibility index (Phi) is 4.56. The third-order valence-corrected chi connectivity index (χ3v) is 13.2. The Bertz CT molecular complexity index is 764. The van der Waals surface area contributed by atoms with Crippen LogP contribution in [-0.4, -0.2) is 16.2 Å². The topological polar surface area (TPSA) is 54.4 Å². The Morgan fingerprint density at radius 3 is 1.86 bits per heavy atom. The SMILES string of the molecule is Cc1ccc([I-](F)(c2ccccc2)C(F)(F)S(=O)(=O)O)cc1. The van der Waals surface area contributed by atoms with Gasteiger partial charge in [-0.2, -0.15) is 0 Å². The van der Waals surface area contributed by atoms with Crippen LogP contribution < -0.4 is 19.0 Å². The predicted molar refractivity (Wildman–Crippen MR) is 72.6 cm³/mol. The molecule has 0 radical (unpaired) electrons. The third-order valence-electron chi connectivity index (χ3n) is 2.94. The minimum absolute atomic E-state index is 0.383. The number of alkyl halides is 3. The van der Waals surface area contributed by atoms with E-state index in [1.165, 1.54) is 30.3 Å². The number of hydrogen-bond acceptors (Lipinski definition) is 2. The predicted octanol–water partition coefficient (Wildman–Crippen LogP) is 0.517. The summed E-state index contributed by atoms with van der Waals surface area (Å²) in [4.78, 5) is 0. The van der Waals surface area contributed by atoms with E-state index < -0.39 is 32.4 Å². The Hall–Kier alpha value is -1.13. The van der Waals surface area contributed by atoms with E-state index in [2.05, 4.69) is 0 Å². The molecule has 2 aromatic rings. The first-order valence-electron chi connectivity index (χ1n) is 6.04. The molecule has 0 aliphatic carbocycles. The summed E-state index contributed by atoms with van der Waals surface area (Å²) in [6, 6.07) is 11.6. The summed E-state index contributed by atoms with van der Waals surface area (Å²) in [5.41, 5.74) is 0.718. The van der Waals surface area contributed by atoms with Crippen LogP contribution in [0.25, 0.3) is 0 Å². The molecule has 1 atom stereocenters. The van der Waals surface area contributed by atoms with E-state index in [1.54, 1.807) is 6.92 Å². The standard InChI is InChI=1S/C14H13F3IO3S/c1-11-7-9-13(10-8-11)18(17,12-5-3-2-4-6-12)14(15,16)22(19,20)21/h2-10H,1H3,(H,19,20,21)/q-1. The zero-order valence-corrected chi connectivity index (χ0v) is 14.4. The summed E-state index contributed by atoms with van der Waals surface area (Å²) in [7, 11) is -5.89. The van der Waals surface area contributed by atoms with Crippen molar-refractivity contribution in [1.29, 1.82) is 0 Å². The average Bonchev–Trinajstić information content (AvgIpc) is 2.46. The van der Waals surface area contributed by atoms with Gasteiger partial charge in [-0.05, 0) is 0 Å². The Morgan fingerprint density at radius 2 is 1.41 bits per heavy atom. The van der Waals surface area contributed by atoms with Gasteiger partial charge in [-0.15, -0.1) is 0 Å². The first-order valence-corrected chi connectivity index (χ1v) is 11.5. The molecule has 2 aromatic carbocycles. The zero-order chi connectivity index (χ0) is 16.6.